The third-order valence-electron chi connectivity index (χ3n) is 1.43. The van der Waals surface area contributed by atoms with Gasteiger partial charge < -0.3 is 14.9 Å². The second kappa shape index (κ2) is 4.42. The predicted octanol–water partition coefficient (Wildman–Crippen LogP) is 0.405. The van der Waals surface area contributed by atoms with Crippen LogP contribution >= 0.6 is 0 Å². The van der Waals surface area contributed by atoms with E-state index in [1.807, 2.05) is 0 Å². The first-order chi connectivity index (χ1) is 6.20. The summed E-state index contributed by atoms with van der Waals surface area (Å²) >= 11 is 0. The van der Waals surface area contributed by atoms with Crippen molar-refractivity contribution in [2.75, 3.05) is 6.54 Å². The number of aliphatic carboxylic acids is 1. The van der Waals surface area contributed by atoms with Gasteiger partial charge in [0.25, 0.3) is 0 Å². The van der Waals surface area contributed by atoms with Crippen molar-refractivity contribution in [1.29, 1.82) is 0 Å². The minimum atomic E-state index is -0.995. The maximum Gasteiger partial charge on any atom is 0.332 e. The van der Waals surface area contributed by atoms with E-state index in [9.17, 15) is 4.79 Å². The molecular formula is C8H10N2O3. The number of nitrogens with one attached hydrogen (secondary N) is 1. The highest BCUT2D eigenvalue weighted by Crippen LogP contribution is 1.95. The Hall–Kier alpha value is -1.62. The Morgan fingerprint density at radius 1 is 1.77 bits per heavy atom. The van der Waals surface area contributed by atoms with Crippen LogP contribution in [0.2, 0.25) is 0 Å². The minimum absolute atomic E-state index is 0.125. The lowest BCUT2D eigenvalue weighted by atomic mass is 10.3. The van der Waals surface area contributed by atoms with E-state index in [4.69, 9.17) is 9.63 Å². The van der Waals surface area contributed by atoms with E-state index in [2.05, 4.69) is 17.1 Å². The fourth-order valence-electron chi connectivity index (χ4n) is 0.746. The Balaban J connectivity index is 2.22. The minimum Gasteiger partial charge on any atom is -0.478 e. The van der Waals surface area contributed by atoms with Crippen LogP contribution < -0.4 is 5.32 Å². The molecule has 0 spiro atoms. The SMILES string of the molecule is C=C(CNCc1ccno1)C(=O)O. The van der Waals surface area contributed by atoms with E-state index >= 15 is 0 Å². The molecule has 0 aromatic carbocycles. The summed E-state index contributed by atoms with van der Waals surface area (Å²) in [6.45, 7) is 4.05. The summed E-state index contributed by atoms with van der Waals surface area (Å²) in [5.41, 5.74) is 0.125. The number of carboxylic acids is 1. The van der Waals surface area contributed by atoms with Gasteiger partial charge in [-0.3, -0.25) is 0 Å². The lowest BCUT2D eigenvalue weighted by Gasteiger charge is -2.00. The van der Waals surface area contributed by atoms with E-state index in [0.29, 0.717) is 12.3 Å². The Bertz CT molecular complexity index is 292. The van der Waals surface area contributed by atoms with Crippen LogP contribution in [0.15, 0.2) is 28.9 Å². The first-order valence-electron chi connectivity index (χ1n) is 3.71. The fraction of sp³-hybridized carbons (Fsp3) is 0.250. The summed E-state index contributed by atoms with van der Waals surface area (Å²) in [4.78, 5) is 10.3. The van der Waals surface area contributed by atoms with Gasteiger partial charge in [-0.1, -0.05) is 11.7 Å². The van der Waals surface area contributed by atoms with Crippen molar-refractivity contribution in [3.8, 4) is 0 Å². The van der Waals surface area contributed by atoms with E-state index in [-0.39, 0.29) is 12.1 Å². The Morgan fingerprint density at radius 3 is 3.08 bits per heavy atom. The molecule has 0 aliphatic heterocycles. The third-order valence-corrected chi connectivity index (χ3v) is 1.43. The van der Waals surface area contributed by atoms with Gasteiger partial charge in [0.05, 0.1) is 12.7 Å². The second-order valence-electron chi connectivity index (χ2n) is 2.49. The van der Waals surface area contributed by atoms with Gasteiger partial charge in [0.15, 0.2) is 0 Å². The molecule has 1 rings (SSSR count). The first kappa shape index (κ1) is 9.47. The van der Waals surface area contributed by atoms with Gasteiger partial charge in [0.2, 0.25) is 0 Å². The molecule has 1 aromatic rings. The van der Waals surface area contributed by atoms with Crippen LogP contribution in [-0.4, -0.2) is 22.8 Å². The van der Waals surface area contributed by atoms with Gasteiger partial charge in [-0.15, -0.1) is 0 Å². The normalized spacial score (nSPS) is 9.85. The van der Waals surface area contributed by atoms with Gasteiger partial charge in [0, 0.05) is 18.2 Å². The maximum absolute atomic E-state index is 10.3. The van der Waals surface area contributed by atoms with Crippen molar-refractivity contribution in [1.82, 2.24) is 10.5 Å². The molecule has 2 N–H and O–H groups in total. The second-order valence-corrected chi connectivity index (χ2v) is 2.49. The van der Waals surface area contributed by atoms with Gasteiger partial charge in [-0.2, -0.15) is 0 Å². The highest BCUT2D eigenvalue weighted by atomic mass is 16.5. The Kier molecular flexibility index (Phi) is 3.22. The highest BCUT2D eigenvalue weighted by Gasteiger charge is 2.03. The van der Waals surface area contributed by atoms with E-state index in [1.54, 1.807) is 6.07 Å². The zero-order chi connectivity index (χ0) is 9.68. The molecule has 13 heavy (non-hydrogen) atoms. The summed E-state index contributed by atoms with van der Waals surface area (Å²) in [5.74, 6) is -0.330. The van der Waals surface area contributed by atoms with Gasteiger partial charge in [-0.05, 0) is 0 Å². The van der Waals surface area contributed by atoms with Crippen molar-refractivity contribution in [3.63, 3.8) is 0 Å². The molecule has 0 unspecified atom stereocenters. The van der Waals surface area contributed by atoms with Crippen molar-refractivity contribution >= 4 is 5.97 Å². The summed E-state index contributed by atoms with van der Waals surface area (Å²) in [6, 6.07) is 1.70. The molecule has 1 heterocycles. The molecular weight excluding hydrogens is 172 g/mol. The molecule has 0 saturated carbocycles. The van der Waals surface area contributed by atoms with Crippen molar-refractivity contribution in [3.05, 3.63) is 30.2 Å². The quantitative estimate of drug-likeness (QED) is 0.645. The largest absolute Gasteiger partial charge is 0.478 e. The van der Waals surface area contributed by atoms with Crippen LogP contribution in [0, 0.1) is 0 Å². The van der Waals surface area contributed by atoms with Crippen molar-refractivity contribution in [2.24, 2.45) is 0 Å². The molecule has 0 fully saturated rings. The Labute approximate surface area is 75.0 Å². The van der Waals surface area contributed by atoms with E-state index in [1.165, 1.54) is 6.20 Å². The van der Waals surface area contributed by atoms with Crippen molar-refractivity contribution in [2.45, 2.75) is 6.54 Å². The van der Waals surface area contributed by atoms with E-state index in [0.717, 1.165) is 0 Å². The number of hydrogen-bond donors (Lipinski definition) is 2. The van der Waals surface area contributed by atoms with Crippen LogP contribution in [0.5, 0.6) is 0 Å². The van der Waals surface area contributed by atoms with Gasteiger partial charge >= 0.3 is 5.97 Å². The summed E-state index contributed by atoms with van der Waals surface area (Å²) < 4.78 is 4.79. The highest BCUT2D eigenvalue weighted by molar-refractivity contribution is 5.86. The number of carbonyl (C=O) groups is 1. The van der Waals surface area contributed by atoms with Gasteiger partial charge in [-0.25, -0.2) is 4.79 Å². The van der Waals surface area contributed by atoms with Crippen LogP contribution in [0.3, 0.4) is 0 Å². The topological polar surface area (TPSA) is 75.4 Å². The maximum atomic E-state index is 10.3. The number of hydrogen-bond acceptors (Lipinski definition) is 4. The zero-order valence-corrected chi connectivity index (χ0v) is 6.99. The average molecular weight is 182 g/mol. The first-order valence-corrected chi connectivity index (χ1v) is 3.71. The monoisotopic (exact) mass is 182 g/mol. The molecule has 5 heteroatoms. The summed E-state index contributed by atoms with van der Waals surface area (Å²) in [6.07, 6.45) is 1.53. The number of aromatic nitrogens is 1. The fourth-order valence-corrected chi connectivity index (χ4v) is 0.746. The molecule has 0 amide bonds. The smallest absolute Gasteiger partial charge is 0.332 e. The molecule has 70 valence electrons. The molecule has 5 nitrogen and oxygen atoms in total. The molecule has 0 aliphatic carbocycles. The molecule has 0 radical (unpaired) electrons. The standard InChI is InChI=1S/C8H10N2O3/c1-6(8(11)12)4-9-5-7-2-3-10-13-7/h2-3,9H,1,4-5H2,(H,11,12). The summed E-state index contributed by atoms with van der Waals surface area (Å²) in [7, 11) is 0. The number of nitrogens with zero attached hydrogens (tertiary/aromatic N) is 1. The number of rotatable bonds is 5. The Morgan fingerprint density at radius 2 is 2.54 bits per heavy atom. The van der Waals surface area contributed by atoms with Crippen LogP contribution in [0.25, 0.3) is 0 Å². The molecule has 0 saturated heterocycles. The van der Waals surface area contributed by atoms with Crippen molar-refractivity contribution < 1.29 is 14.4 Å². The van der Waals surface area contributed by atoms with Crippen LogP contribution in [0.1, 0.15) is 5.76 Å². The molecule has 0 aliphatic rings. The van der Waals surface area contributed by atoms with E-state index < -0.39 is 5.97 Å². The third kappa shape index (κ3) is 3.08. The predicted molar refractivity (Wildman–Crippen MR) is 45.0 cm³/mol. The number of carboxylic acid groups (broad SMARTS) is 1. The lowest BCUT2D eigenvalue weighted by molar-refractivity contribution is -0.132. The molecule has 1 aromatic heterocycles. The lowest BCUT2D eigenvalue weighted by Crippen LogP contribution is -2.19. The summed E-state index contributed by atoms with van der Waals surface area (Å²) in [5, 5.41) is 14.8. The van der Waals surface area contributed by atoms with Crippen LogP contribution in [0.4, 0.5) is 0 Å². The van der Waals surface area contributed by atoms with Gasteiger partial charge in [0.1, 0.15) is 5.76 Å². The zero-order valence-electron chi connectivity index (χ0n) is 6.99. The average Bonchev–Trinajstić information content (AvgIpc) is 2.56. The van der Waals surface area contributed by atoms with Crippen LogP contribution in [-0.2, 0) is 11.3 Å². The molecule has 0 bridgehead atoms. The molecule has 0 atom stereocenters.